The molecule has 1 amide bonds. The summed E-state index contributed by atoms with van der Waals surface area (Å²) in [5.41, 5.74) is -1.26. The Labute approximate surface area is 259 Å². The topological polar surface area (TPSA) is 149 Å². The van der Waals surface area contributed by atoms with Gasteiger partial charge in [-0.3, -0.25) is 14.2 Å². The van der Waals surface area contributed by atoms with Crippen molar-refractivity contribution in [3.63, 3.8) is 0 Å². The van der Waals surface area contributed by atoms with Crippen LogP contribution < -0.4 is 21.0 Å². The van der Waals surface area contributed by atoms with Crippen LogP contribution in [0, 0.1) is 12.7 Å². The maximum absolute atomic E-state index is 14.6. The van der Waals surface area contributed by atoms with Crippen LogP contribution in [0.1, 0.15) is 37.8 Å². The van der Waals surface area contributed by atoms with E-state index in [1.54, 1.807) is 20.8 Å². The van der Waals surface area contributed by atoms with E-state index in [-0.39, 0.29) is 33.4 Å². The van der Waals surface area contributed by atoms with Gasteiger partial charge >= 0.3 is 17.6 Å². The maximum atomic E-state index is 14.6. The lowest BCUT2D eigenvalue weighted by Crippen LogP contribution is -2.55. The van der Waals surface area contributed by atoms with Crippen molar-refractivity contribution in [3.05, 3.63) is 68.4 Å². The van der Waals surface area contributed by atoms with E-state index in [4.69, 9.17) is 18.9 Å². The summed E-state index contributed by atoms with van der Waals surface area (Å²) >= 11 is 1.04. The number of hydrogen-bond acceptors (Lipinski definition) is 11. The smallest absolute Gasteiger partial charge is 0.399 e. The van der Waals surface area contributed by atoms with Crippen LogP contribution in [0.5, 0.6) is 5.75 Å². The van der Waals surface area contributed by atoms with E-state index in [0.29, 0.717) is 46.3 Å². The lowest BCUT2D eigenvalue weighted by atomic mass is 10.1. The number of carbonyl (C=O) groups is 2. The van der Waals surface area contributed by atoms with Gasteiger partial charge in [0.15, 0.2) is 0 Å². The zero-order valence-electron chi connectivity index (χ0n) is 25.2. The number of aromatic nitrogens is 5. The van der Waals surface area contributed by atoms with Crippen LogP contribution in [0.3, 0.4) is 0 Å². The van der Waals surface area contributed by atoms with E-state index in [1.165, 1.54) is 48.7 Å². The Morgan fingerprint density at radius 3 is 2.51 bits per heavy atom. The molecule has 0 saturated carbocycles. The molecule has 1 aliphatic rings. The molecule has 0 radical (unpaired) electrons. The number of methoxy groups -OCH3 is 1. The lowest BCUT2D eigenvalue weighted by Gasteiger charge is -2.26. The highest BCUT2D eigenvalue weighted by Gasteiger charge is 2.29. The number of thiophene rings is 1. The molecule has 4 aromatic rings. The molecule has 5 rings (SSSR count). The Morgan fingerprint density at radius 1 is 1.18 bits per heavy atom. The summed E-state index contributed by atoms with van der Waals surface area (Å²) in [7, 11) is 2.52. The normalized spacial score (nSPS) is 14.2. The van der Waals surface area contributed by atoms with Gasteiger partial charge in [-0.15, -0.1) is 4.80 Å². The number of fused-ring (bicyclic) bond motifs is 1. The second kappa shape index (κ2) is 13.0. The van der Waals surface area contributed by atoms with Crippen molar-refractivity contribution in [3.8, 4) is 10.8 Å². The minimum atomic E-state index is -1.25. The summed E-state index contributed by atoms with van der Waals surface area (Å²) in [6.45, 7) is 5.64. The highest BCUT2D eigenvalue weighted by molar-refractivity contribution is 7.21. The number of carbonyl (C=O) groups excluding carboxylic acids is 2. The van der Waals surface area contributed by atoms with Crippen LogP contribution in [0.25, 0.3) is 27.2 Å². The number of ether oxygens (including phenoxy) is 4. The third-order valence-corrected chi connectivity index (χ3v) is 8.22. The molecule has 14 nitrogen and oxygen atoms in total. The van der Waals surface area contributed by atoms with E-state index in [2.05, 4.69) is 10.2 Å². The number of likely N-dealkylation sites (N-methyl/N-ethyl adjacent to an activating group) is 1. The van der Waals surface area contributed by atoms with Crippen molar-refractivity contribution in [1.29, 1.82) is 0 Å². The number of halogens is 1. The van der Waals surface area contributed by atoms with Gasteiger partial charge in [0.25, 0.3) is 5.56 Å². The third kappa shape index (κ3) is 6.23. The van der Waals surface area contributed by atoms with Gasteiger partial charge < -0.3 is 18.9 Å². The number of amides is 1. The van der Waals surface area contributed by atoms with Gasteiger partial charge in [-0.2, -0.15) is 14.9 Å². The van der Waals surface area contributed by atoms with Crippen LogP contribution in [0.4, 0.5) is 4.39 Å². The first-order valence-electron chi connectivity index (χ1n) is 14.0. The van der Waals surface area contributed by atoms with E-state index in [1.807, 2.05) is 0 Å². The van der Waals surface area contributed by atoms with Gasteiger partial charge in [0.1, 0.15) is 33.3 Å². The average Bonchev–Trinajstić information content (AvgIpc) is 3.66. The Bertz CT molecular complexity index is 1890. The van der Waals surface area contributed by atoms with Crippen LogP contribution in [0.15, 0.2) is 40.2 Å². The average molecular weight is 643 g/mol. The van der Waals surface area contributed by atoms with Gasteiger partial charge in [0.05, 0.1) is 56.0 Å². The van der Waals surface area contributed by atoms with Gasteiger partial charge in [-0.05, 0) is 39.0 Å². The third-order valence-electron chi connectivity index (χ3n) is 6.96. The number of hydrogen-bond donors (Lipinski definition) is 0. The zero-order valence-corrected chi connectivity index (χ0v) is 26.0. The molecule has 0 bridgehead atoms. The van der Waals surface area contributed by atoms with Crippen molar-refractivity contribution < 1.29 is 32.9 Å². The van der Waals surface area contributed by atoms with E-state index < -0.39 is 35.0 Å². The maximum Gasteiger partial charge on any atom is 0.399 e. The molecule has 0 aliphatic carbocycles. The van der Waals surface area contributed by atoms with Crippen LogP contribution in [0.2, 0.25) is 0 Å². The Balaban J connectivity index is 1.81. The molecule has 0 unspecified atom stereocenters. The number of nitrogens with zero attached hydrogens (tertiary/aromatic N) is 6. The first-order valence-corrected chi connectivity index (χ1v) is 14.8. The molecule has 3 aromatic heterocycles. The molecule has 4 heterocycles. The summed E-state index contributed by atoms with van der Waals surface area (Å²) in [4.78, 5) is 55.2. The fourth-order valence-electron chi connectivity index (χ4n) is 4.79. The second-order valence-corrected chi connectivity index (χ2v) is 11.3. The fraction of sp³-hybridized carbons (Fsp3) is 0.379. The predicted octanol–water partition coefficient (Wildman–Crippen LogP) is 2.46. The van der Waals surface area contributed by atoms with Crippen LogP contribution in [-0.4, -0.2) is 75.7 Å². The van der Waals surface area contributed by atoms with Gasteiger partial charge in [0.2, 0.25) is 0 Å². The quantitative estimate of drug-likeness (QED) is 0.159. The summed E-state index contributed by atoms with van der Waals surface area (Å²) in [5.74, 6) is -2.75. The summed E-state index contributed by atoms with van der Waals surface area (Å²) in [6.07, 6.45) is 4.31. The minimum absolute atomic E-state index is 0.0525. The van der Waals surface area contributed by atoms with E-state index in [0.717, 1.165) is 23.0 Å². The van der Waals surface area contributed by atoms with Gasteiger partial charge in [-0.25, -0.2) is 19.0 Å². The monoisotopic (exact) mass is 642 g/mol. The standard InChI is InChI=1S/C29H31FN6O8S/c1-16(2)43-28(39)25(38)33(4)35-24(37)23-17(3)26(36-31-10-11-32-36)45-27(23)34(29(35)40)15-22(44-19-8-12-42-13-9-19)20-14-18(30)6-7-21(20)41-5/h6-7,10-11,14-16,19H,8-9,12-13H2,1-5H3. The van der Waals surface area contributed by atoms with Gasteiger partial charge in [-0.1, -0.05) is 11.3 Å². The summed E-state index contributed by atoms with van der Waals surface area (Å²) in [5, 5.41) is 9.41. The van der Waals surface area contributed by atoms with Crippen molar-refractivity contribution in [2.45, 2.75) is 45.8 Å². The summed E-state index contributed by atoms with van der Waals surface area (Å²) < 4.78 is 38.6. The largest absolute Gasteiger partial charge is 0.496 e. The molecule has 1 fully saturated rings. The second-order valence-electron chi connectivity index (χ2n) is 10.4. The fourth-order valence-corrected chi connectivity index (χ4v) is 5.98. The number of aryl methyl sites for hydroxylation is 1. The van der Waals surface area contributed by atoms with Crippen molar-refractivity contribution in [1.82, 2.24) is 24.2 Å². The molecule has 16 heteroatoms. The zero-order chi connectivity index (χ0) is 32.4. The number of benzene rings is 1. The number of esters is 1. The molecule has 1 aromatic carbocycles. The van der Waals surface area contributed by atoms with Crippen molar-refractivity contribution >= 4 is 45.4 Å². The molecule has 0 atom stereocenters. The Kier molecular flexibility index (Phi) is 9.15. The first-order chi connectivity index (χ1) is 21.5. The first kappa shape index (κ1) is 31.6. The van der Waals surface area contributed by atoms with Crippen molar-refractivity contribution in [2.75, 3.05) is 32.4 Å². The number of rotatable bonds is 8. The van der Waals surface area contributed by atoms with Crippen molar-refractivity contribution in [2.24, 2.45) is 0 Å². The molecule has 1 saturated heterocycles. The molecule has 238 valence electrons. The van der Waals surface area contributed by atoms with Crippen LogP contribution in [-0.2, 0) is 23.8 Å². The Morgan fingerprint density at radius 2 is 1.87 bits per heavy atom. The SMILES string of the molecule is COc1ccc(F)cc1C(=Cn1c(=O)n(N(C)C(=O)C(=O)OC(C)C)c(=O)c2c(C)c(-n3nccn3)sc21)OC1CCOCC1. The van der Waals surface area contributed by atoms with Crippen LogP contribution >= 0.6 is 11.3 Å². The highest BCUT2D eigenvalue weighted by Crippen LogP contribution is 2.34. The molecule has 0 spiro atoms. The molecular formula is C29H31FN6O8S. The molecule has 45 heavy (non-hydrogen) atoms. The van der Waals surface area contributed by atoms with E-state index >= 15 is 0 Å². The highest BCUT2D eigenvalue weighted by atomic mass is 32.1. The Hall–Kier alpha value is -4.83. The lowest BCUT2D eigenvalue weighted by molar-refractivity contribution is -0.157. The summed E-state index contributed by atoms with van der Waals surface area (Å²) in [6, 6.07) is 3.86. The molecule has 1 aliphatic heterocycles. The van der Waals surface area contributed by atoms with E-state index in [9.17, 15) is 23.6 Å². The molecule has 0 N–H and O–H groups in total. The predicted molar refractivity (Wildman–Crippen MR) is 162 cm³/mol. The minimum Gasteiger partial charge on any atom is -0.496 e. The van der Waals surface area contributed by atoms with Gasteiger partial charge in [0, 0.05) is 25.5 Å². The molecular weight excluding hydrogens is 611 g/mol.